The van der Waals surface area contributed by atoms with Crippen LogP contribution in [-0.4, -0.2) is 23.7 Å². The van der Waals surface area contributed by atoms with E-state index < -0.39 is 0 Å². The molecule has 0 unspecified atom stereocenters. The van der Waals surface area contributed by atoms with Gasteiger partial charge in [-0.2, -0.15) is 0 Å². The van der Waals surface area contributed by atoms with Gasteiger partial charge < -0.3 is 14.8 Å². The molecule has 31 heavy (non-hydrogen) atoms. The Morgan fingerprint density at radius 3 is 2.68 bits per heavy atom. The normalized spacial score (nSPS) is 11.6. The molecule has 6 heteroatoms. The van der Waals surface area contributed by atoms with Crippen molar-refractivity contribution < 1.29 is 9.47 Å². The SMILES string of the molecule is COCCc1ccc2nc(Nc3cccnc3Oc3ccccc3C(C)(C)C)sc2c1. The van der Waals surface area contributed by atoms with Crippen LogP contribution in [0.3, 0.4) is 0 Å². The Bertz CT molecular complexity index is 1180. The summed E-state index contributed by atoms with van der Waals surface area (Å²) in [6.45, 7) is 7.24. The number of para-hydroxylation sites is 1. The molecule has 5 nitrogen and oxygen atoms in total. The van der Waals surface area contributed by atoms with Gasteiger partial charge in [-0.3, -0.25) is 0 Å². The van der Waals surface area contributed by atoms with Gasteiger partial charge in [0.25, 0.3) is 0 Å². The van der Waals surface area contributed by atoms with Gasteiger partial charge in [0.1, 0.15) is 11.4 Å². The molecule has 0 saturated heterocycles. The summed E-state index contributed by atoms with van der Waals surface area (Å²) in [4.78, 5) is 9.20. The fraction of sp³-hybridized carbons (Fsp3) is 0.280. The summed E-state index contributed by atoms with van der Waals surface area (Å²) in [6.07, 6.45) is 2.63. The molecule has 2 aromatic heterocycles. The third kappa shape index (κ3) is 5.03. The number of rotatable bonds is 7. The maximum absolute atomic E-state index is 6.27. The van der Waals surface area contributed by atoms with Gasteiger partial charge >= 0.3 is 0 Å². The first-order valence-electron chi connectivity index (χ1n) is 10.3. The second-order valence-corrected chi connectivity index (χ2v) is 9.42. The minimum absolute atomic E-state index is 0.0352. The summed E-state index contributed by atoms with van der Waals surface area (Å²) in [5.74, 6) is 1.34. The van der Waals surface area contributed by atoms with Gasteiger partial charge in [-0.1, -0.05) is 56.4 Å². The van der Waals surface area contributed by atoms with Gasteiger partial charge in [0.2, 0.25) is 5.88 Å². The van der Waals surface area contributed by atoms with Crippen LogP contribution in [0.25, 0.3) is 10.2 Å². The predicted octanol–water partition coefficient (Wildman–Crippen LogP) is 6.71. The highest BCUT2D eigenvalue weighted by Gasteiger charge is 2.20. The van der Waals surface area contributed by atoms with Crippen molar-refractivity contribution in [1.29, 1.82) is 0 Å². The fourth-order valence-electron chi connectivity index (χ4n) is 3.36. The lowest BCUT2D eigenvalue weighted by Gasteiger charge is -2.22. The van der Waals surface area contributed by atoms with Crippen molar-refractivity contribution in [2.45, 2.75) is 32.6 Å². The summed E-state index contributed by atoms with van der Waals surface area (Å²) < 4.78 is 12.6. The van der Waals surface area contributed by atoms with E-state index in [2.05, 4.69) is 55.3 Å². The lowest BCUT2D eigenvalue weighted by atomic mass is 9.86. The molecule has 0 spiro atoms. The molecule has 0 aliphatic carbocycles. The number of nitrogens with zero attached hydrogens (tertiary/aromatic N) is 2. The Morgan fingerprint density at radius 1 is 1.03 bits per heavy atom. The van der Waals surface area contributed by atoms with Crippen molar-refractivity contribution >= 4 is 32.4 Å². The summed E-state index contributed by atoms with van der Waals surface area (Å²) in [7, 11) is 1.72. The Labute approximate surface area is 187 Å². The molecule has 0 radical (unpaired) electrons. The van der Waals surface area contributed by atoms with E-state index in [1.807, 2.05) is 30.3 Å². The third-order valence-electron chi connectivity index (χ3n) is 4.96. The number of pyridine rings is 1. The number of aromatic nitrogens is 2. The second kappa shape index (κ2) is 9.04. The molecule has 2 aromatic carbocycles. The third-order valence-corrected chi connectivity index (χ3v) is 5.90. The predicted molar refractivity (Wildman–Crippen MR) is 128 cm³/mol. The molecular weight excluding hydrogens is 406 g/mol. The van der Waals surface area contributed by atoms with Gasteiger partial charge in [-0.25, -0.2) is 9.97 Å². The molecule has 0 fully saturated rings. The zero-order chi connectivity index (χ0) is 21.8. The lowest BCUT2D eigenvalue weighted by molar-refractivity contribution is 0.202. The van der Waals surface area contributed by atoms with E-state index in [1.165, 1.54) is 5.56 Å². The molecule has 0 atom stereocenters. The van der Waals surface area contributed by atoms with Crippen LogP contribution in [0.5, 0.6) is 11.6 Å². The van der Waals surface area contributed by atoms with Crippen molar-refractivity contribution in [2.75, 3.05) is 19.0 Å². The first-order valence-corrected chi connectivity index (χ1v) is 11.1. The monoisotopic (exact) mass is 433 g/mol. The average Bonchev–Trinajstić information content (AvgIpc) is 3.15. The topological polar surface area (TPSA) is 56.3 Å². The molecule has 0 amide bonds. The highest BCUT2D eigenvalue weighted by molar-refractivity contribution is 7.22. The standard InChI is InChI=1S/C25H27N3O2S/c1-25(2,3)18-8-5-6-10-21(18)30-23-20(9-7-14-26-23)28-24-27-19-12-11-17(13-15-29-4)16-22(19)31-24/h5-12,14,16H,13,15H2,1-4H3,(H,27,28). The Morgan fingerprint density at radius 2 is 1.87 bits per heavy atom. The molecule has 0 aliphatic heterocycles. The zero-order valence-corrected chi connectivity index (χ0v) is 19.1. The molecule has 4 rings (SSSR count). The number of anilines is 2. The van der Waals surface area contributed by atoms with Crippen molar-refractivity contribution in [3.63, 3.8) is 0 Å². The van der Waals surface area contributed by atoms with Crippen LogP contribution in [0.4, 0.5) is 10.8 Å². The average molecular weight is 434 g/mol. The second-order valence-electron chi connectivity index (χ2n) is 8.39. The van der Waals surface area contributed by atoms with Crippen LogP contribution in [-0.2, 0) is 16.6 Å². The van der Waals surface area contributed by atoms with Crippen LogP contribution in [0, 0.1) is 0 Å². The van der Waals surface area contributed by atoms with Gasteiger partial charge in [0, 0.05) is 18.9 Å². The minimum Gasteiger partial charge on any atom is -0.437 e. The summed E-state index contributed by atoms with van der Waals surface area (Å²) in [5, 5.41) is 4.20. The van der Waals surface area contributed by atoms with E-state index in [1.54, 1.807) is 24.6 Å². The minimum atomic E-state index is -0.0352. The van der Waals surface area contributed by atoms with E-state index in [9.17, 15) is 0 Å². The number of methoxy groups -OCH3 is 1. The quantitative estimate of drug-likeness (QED) is 0.351. The lowest BCUT2D eigenvalue weighted by Crippen LogP contribution is -2.12. The smallest absolute Gasteiger partial charge is 0.243 e. The molecule has 1 N–H and O–H groups in total. The molecule has 0 aliphatic rings. The first kappa shape index (κ1) is 21.3. The van der Waals surface area contributed by atoms with E-state index >= 15 is 0 Å². The van der Waals surface area contributed by atoms with Crippen LogP contribution in [0.2, 0.25) is 0 Å². The molecule has 0 bridgehead atoms. The van der Waals surface area contributed by atoms with Gasteiger partial charge in [-0.05, 0) is 47.7 Å². The molecule has 160 valence electrons. The summed E-state index contributed by atoms with van der Waals surface area (Å²) in [6, 6.07) is 18.3. The van der Waals surface area contributed by atoms with Gasteiger partial charge in [0.15, 0.2) is 5.13 Å². The van der Waals surface area contributed by atoms with Gasteiger partial charge in [-0.15, -0.1) is 0 Å². The number of fused-ring (bicyclic) bond motifs is 1. The first-order chi connectivity index (χ1) is 14.9. The van der Waals surface area contributed by atoms with Gasteiger partial charge in [0.05, 0.1) is 16.8 Å². The van der Waals surface area contributed by atoms with E-state index in [0.29, 0.717) is 12.5 Å². The Hall–Kier alpha value is -2.96. The van der Waals surface area contributed by atoms with Crippen LogP contribution in [0.1, 0.15) is 31.9 Å². The van der Waals surface area contributed by atoms with E-state index in [4.69, 9.17) is 14.5 Å². The Kier molecular flexibility index (Phi) is 6.20. The molecule has 0 saturated carbocycles. The van der Waals surface area contributed by atoms with Crippen LogP contribution in [0.15, 0.2) is 60.8 Å². The molecular formula is C25H27N3O2S. The van der Waals surface area contributed by atoms with Crippen molar-refractivity contribution in [2.24, 2.45) is 0 Å². The maximum atomic E-state index is 6.27. The number of ether oxygens (including phenoxy) is 2. The zero-order valence-electron chi connectivity index (χ0n) is 18.3. The fourth-order valence-corrected chi connectivity index (χ4v) is 4.30. The largest absolute Gasteiger partial charge is 0.437 e. The number of hydrogen-bond donors (Lipinski definition) is 1. The maximum Gasteiger partial charge on any atom is 0.243 e. The molecule has 2 heterocycles. The number of nitrogens with one attached hydrogen (secondary N) is 1. The highest BCUT2D eigenvalue weighted by atomic mass is 32.1. The summed E-state index contributed by atoms with van der Waals surface area (Å²) in [5.41, 5.74) is 4.10. The number of hydrogen-bond acceptors (Lipinski definition) is 6. The van der Waals surface area contributed by atoms with E-state index in [-0.39, 0.29) is 5.41 Å². The van der Waals surface area contributed by atoms with Crippen LogP contribution >= 0.6 is 11.3 Å². The number of benzene rings is 2. The van der Waals surface area contributed by atoms with Crippen molar-refractivity contribution in [3.8, 4) is 11.6 Å². The van der Waals surface area contributed by atoms with Crippen molar-refractivity contribution in [1.82, 2.24) is 9.97 Å². The van der Waals surface area contributed by atoms with Crippen molar-refractivity contribution in [3.05, 3.63) is 71.9 Å². The highest BCUT2D eigenvalue weighted by Crippen LogP contribution is 2.37. The summed E-state index contributed by atoms with van der Waals surface area (Å²) >= 11 is 1.62. The Balaban J connectivity index is 1.60. The van der Waals surface area contributed by atoms with E-state index in [0.717, 1.165) is 38.8 Å². The van der Waals surface area contributed by atoms with Crippen LogP contribution < -0.4 is 10.1 Å². The molecule has 4 aromatic rings. The number of thiazole rings is 1.